The van der Waals surface area contributed by atoms with Crippen LogP contribution in [0.15, 0.2) is 29.2 Å². The fraction of sp³-hybridized carbons (Fsp3) is 0.533. The normalized spacial score (nSPS) is 23.7. The number of rotatable bonds is 3. The Hall–Kier alpha value is -0.960. The molecule has 1 aromatic carbocycles. The maximum absolute atomic E-state index is 12.1. The van der Waals surface area contributed by atoms with Crippen LogP contribution in [0.3, 0.4) is 0 Å². The summed E-state index contributed by atoms with van der Waals surface area (Å²) in [5.41, 5.74) is 0.769. The Morgan fingerprint density at radius 3 is 2.50 bits per heavy atom. The largest absolute Gasteiger partial charge is 0.349 e. The Morgan fingerprint density at radius 1 is 1.22 bits per heavy atom. The third-order valence-corrected chi connectivity index (χ3v) is 4.52. The summed E-state index contributed by atoms with van der Waals surface area (Å²) in [6.07, 6.45) is 6.93. The number of hydrogen-bond donors (Lipinski definition) is 1. The van der Waals surface area contributed by atoms with E-state index in [1.54, 1.807) is 11.8 Å². The van der Waals surface area contributed by atoms with Crippen LogP contribution in [-0.2, 0) is 0 Å². The van der Waals surface area contributed by atoms with Gasteiger partial charge in [0.05, 0.1) is 0 Å². The van der Waals surface area contributed by atoms with Crippen LogP contribution in [0, 0.1) is 5.92 Å². The molecule has 2 nitrogen and oxygen atoms in total. The lowest BCUT2D eigenvalue weighted by atomic mass is 9.86. The van der Waals surface area contributed by atoms with Gasteiger partial charge in [0.2, 0.25) is 0 Å². The predicted octanol–water partition coefficient (Wildman–Crippen LogP) is 3.72. The molecule has 0 aliphatic heterocycles. The summed E-state index contributed by atoms with van der Waals surface area (Å²) >= 11 is 1.69. The van der Waals surface area contributed by atoms with Gasteiger partial charge in [-0.1, -0.05) is 19.8 Å². The lowest BCUT2D eigenvalue weighted by Gasteiger charge is -2.29. The summed E-state index contributed by atoms with van der Waals surface area (Å²) in [6.45, 7) is 2.24. The van der Waals surface area contributed by atoms with Gasteiger partial charge in [-0.2, -0.15) is 0 Å². The van der Waals surface area contributed by atoms with Crippen LogP contribution < -0.4 is 5.32 Å². The highest BCUT2D eigenvalue weighted by molar-refractivity contribution is 7.98. The van der Waals surface area contributed by atoms with Crippen molar-refractivity contribution in [3.63, 3.8) is 0 Å². The van der Waals surface area contributed by atoms with E-state index in [-0.39, 0.29) is 5.91 Å². The Labute approximate surface area is 114 Å². The molecule has 1 N–H and O–H groups in total. The minimum absolute atomic E-state index is 0.0707. The zero-order chi connectivity index (χ0) is 13.0. The second kappa shape index (κ2) is 6.28. The fourth-order valence-electron chi connectivity index (χ4n) is 2.52. The highest BCUT2D eigenvalue weighted by atomic mass is 32.2. The Kier molecular flexibility index (Phi) is 4.70. The summed E-state index contributed by atoms with van der Waals surface area (Å²) < 4.78 is 0. The van der Waals surface area contributed by atoms with Gasteiger partial charge in [-0.15, -0.1) is 11.8 Å². The predicted molar refractivity (Wildman–Crippen MR) is 77.1 cm³/mol. The molecular formula is C15H21NOS. The van der Waals surface area contributed by atoms with E-state index in [0.717, 1.165) is 12.0 Å². The van der Waals surface area contributed by atoms with Crippen LogP contribution in [0.5, 0.6) is 0 Å². The smallest absolute Gasteiger partial charge is 0.251 e. The molecule has 0 bridgehead atoms. The van der Waals surface area contributed by atoms with Gasteiger partial charge >= 0.3 is 0 Å². The molecule has 0 spiro atoms. The summed E-state index contributed by atoms with van der Waals surface area (Å²) in [6, 6.07) is 8.18. The quantitative estimate of drug-likeness (QED) is 0.842. The molecule has 3 heteroatoms. The van der Waals surface area contributed by atoms with Crippen molar-refractivity contribution in [1.29, 1.82) is 0 Å². The van der Waals surface area contributed by atoms with Crippen LogP contribution in [0.25, 0.3) is 0 Å². The minimum atomic E-state index is 0.0707. The molecule has 0 aromatic heterocycles. The molecular weight excluding hydrogens is 242 g/mol. The fourth-order valence-corrected chi connectivity index (χ4v) is 2.93. The van der Waals surface area contributed by atoms with Gasteiger partial charge in [0.25, 0.3) is 5.91 Å². The molecule has 0 heterocycles. The number of carbonyl (C=O) groups excluding carboxylic acids is 1. The standard InChI is InChI=1S/C15H21NOS/c1-11-5-3-4-6-14(11)16-15(17)12-7-9-13(18-2)10-8-12/h7-11,14H,3-6H2,1-2H3,(H,16,17)/t11-,14-/m0/s1. The highest BCUT2D eigenvalue weighted by Gasteiger charge is 2.23. The molecule has 0 unspecified atom stereocenters. The molecule has 0 radical (unpaired) electrons. The molecule has 18 heavy (non-hydrogen) atoms. The Balaban J connectivity index is 1.97. The van der Waals surface area contributed by atoms with Crippen molar-refractivity contribution in [3.8, 4) is 0 Å². The van der Waals surface area contributed by atoms with Gasteiger partial charge in [0.15, 0.2) is 0 Å². The number of amides is 1. The minimum Gasteiger partial charge on any atom is -0.349 e. The molecule has 0 saturated heterocycles. The van der Waals surface area contributed by atoms with Crippen LogP contribution in [0.4, 0.5) is 0 Å². The molecule has 2 rings (SSSR count). The molecule has 2 atom stereocenters. The van der Waals surface area contributed by atoms with Crippen molar-refractivity contribution in [1.82, 2.24) is 5.32 Å². The van der Waals surface area contributed by atoms with Crippen molar-refractivity contribution >= 4 is 17.7 Å². The van der Waals surface area contributed by atoms with Crippen LogP contribution in [-0.4, -0.2) is 18.2 Å². The first-order valence-corrected chi connectivity index (χ1v) is 7.88. The number of nitrogens with one attached hydrogen (secondary N) is 1. The van der Waals surface area contributed by atoms with Gasteiger partial charge in [-0.25, -0.2) is 0 Å². The first-order chi connectivity index (χ1) is 8.70. The lowest BCUT2D eigenvalue weighted by molar-refractivity contribution is 0.0910. The first kappa shape index (κ1) is 13.5. The van der Waals surface area contributed by atoms with Gasteiger partial charge in [-0.3, -0.25) is 4.79 Å². The number of carbonyl (C=O) groups is 1. The van der Waals surface area contributed by atoms with E-state index >= 15 is 0 Å². The first-order valence-electron chi connectivity index (χ1n) is 6.65. The topological polar surface area (TPSA) is 29.1 Å². The van der Waals surface area contributed by atoms with Crippen molar-refractivity contribution in [2.24, 2.45) is 5.92 Å². The average molecular weight is 263 g/mol. The van der Waals surface area contributed by atoms with Crippen molar-refractivity contribution < 1.29 is 4.79 Å². The van der Waals surface area contributed by atoms with Crippen LogP contribution >= 0.6 is 11.8 Å². The maximum atomic E-state index is 12.1. The summed E-state index contributed by atoms with van der Waals surface area (Å²) in [5.74, 6) is 0.676. The van der Waals surface area contributed by atoms with Gasteiger partial charge in [-0.05, 0) is 49.3 Å². The van der Waals surface area contributed by atoms with Crippen molar-refractivity contribution in [2.45, 2.75) is 43.5 Å². The van der Waals surface area contributed by atoms with E-state index in [9.17, 15) is 4.79 Å². The highest BCUT2D eigenvalue weighted by Crippen LogP contribution is 2.24. The molecule has 1 aromatic rings. The Morgan fingerprint density at radius 2 is 1.89 bits per heavy atom. The van der Waals surface area contributed by atoms with Crippen LogP contribution in [0.2, 0.25) is 0 Å². The third-order valence-electron chi connectivity index (χ3n) is 3.78. The van der Waals surface area contributed by atoms with Gasteiger partial charge < -0.3 is 5.32 Å². The van der Waals surface area contributed by atoms with Gasteiger partial charge in [0, 0.05) is 16.5 Å². The van der Waals surface area contributed by atoms with E-state index in [2.05, 4.69) is 12.2 Å². The molecule has 1 saturated carbocycles. The molecule has 98 valence electrons. The van der Waals surface area contributed by atoms with Crippen molar-refractivity contribution in [2.75, 3.05) is 6.26 Å². The number of thioether (sulfide) groups is 1. The van der Waals surface area contributed by atoms with Crippen molar-refractivity contribution in [3.05, 3.63) is 29.8 Å². The maximum Gasteiger partial charge on any atom is 0.251 e. The molecule has 1 amide bonds. The molecule has 1 fully saturated rings. The SMILES string of the molecule is CSc1ccc(C(=O)N[C@H]2CCCC[C@@H]2C)cc1. The van der Waals surface area contributed by atoms with E-state index in [1.165, 1.54) is 24.2 Å². The number of hydrogen-bond acceptors (Lipinski definition) is 2. The monoisotopic (exact) mass is 263 g/mol. The van der Waals surface area contributed by atoms with Crippen LogP contribution in [0.1, 0.15) is 43.0 Å². The molecule has 1 aliphatic carbocycles. The van der Waals surface area contributed by atoms with E-state index in [0.29, 0.717) is 12.0 Å². The average Bonchev–Trinajstić information content (AvgIpc) is 2.41. The van der Waals surface area contributed by atoms with E-state index < -0.39 is 0 Å². The lowest BCUT2D eigenvalue weighted by Crippen LogP contribution is -2.41. The second-order valence-corrected chi connectivity index (χ2v) is 5.95. The molecule has 1 aliphatic rings. The Bertz CT molecular complexity index is 401. The second-order valence-electron chi connectivity index (χ2n) is 5.07. The summed E-state index contributed by atoms with van der Waals surface area (Å²) in [7, 11) is 0. The number of benzene rings is 1. The zero-order valence-electron chi connectivity index (χ0n) is 11.1. The third kappa shape index (κ3) is 3.29. The van der Waals surface area contributed by atoms with E-state index in [1.807, 2.05) is 30.5 Å². The summed E-state index contributed by atoms with van der Waals surface area (Å²) in [4.78, 5) is 13.3. The van der Waals surface area contributed by atoms with E-state index in [4.69, 9.17) is 0 Å². The zero-order valence-corrected chi connectivity index (χ0v) is 11.9. The van der Waals surface area contributed by atoms with Gasteiger partial charge in [0.1, 0.15) is 0 Å². The summed E-state index contributed by atoms with van der Waals surface area (Å²) in [5, 5.41) is 3.18.